The number of benzene rings is 1. The van der Waals surface area contributed by atoms with Crippen molar-refractivity contribution in [3.63, 3.8) is 0 Å². The van der Waals surface area contributed by atoms with Crippen molar-refractivity contribution in [2.75, 3.05) is 7.11 Å². The quantitative estimate of drug-likeness (QED) is 0.748. The van der Waals surface area contributed by atoms with Crippen molar-refractivity contribution < 1.29 is 4.74 Å². The molecule has 0 saturated heterocycles. The molecule has 1 aromatic heterocycles. The third-order valence-electron chi connectivity index (χ3n) is 2.42. The first kappa shape index (κ1) is 9.77. The Bertz CT molecular complexity index is 437. The molecule has 0 aliphatic carbocycles. The van der Waals surface area contributed by atoms with Crippen LogP contribution in [0.4, 0.5) is 0 Å². The molecule has 0 radical (unpaired) electrons. The molecule has 0 amide bonds. The van der Waals surface area contributed by atoms with E-state index in [9.17, 15) is 0 Å². The van der Waals surface area contributed by atoms with E-state index >= 15 is 0 Å². The van der Waals surface area contributed by atoms with E-state index in [-0.39, 0.29) is 0 Å². The predicted molar refractivity (Wildman–Crippen MR) is 59.6 cm³/mol. The number of ether oxygens (including phenoxy) is 1. The lowest BCUT2D eigenvalue weighted by Crippen LogP contribution is -1.98. The van der Waals surface area contributed by atoms with Crippen LogP contribution in [0.2, 0.25) is 0 Å². The van der Waals surface area contributed by atoms with Crippen molar-refractivity contribution in [2.45, 2.75) is 13.8 Å². The smallest absolute Gasteiger partial charge is 0.124 e. The molecule has 0 saturated carbocycles. The van der Waals surface area contributed by atoms with Gasteiger partial charge in [0.05, 0.1) is 12.8 Å². The SMILES string of the molecule is COc1c(C)cc(-n2cccn2)cc1C. The predicted octanol–water partition coefficient (Wildman–Crippen LogP) is 2.50. The highest BCUT2D eigenvalue weighted by Gasteiger charge is 2.06. The van der Waals surface area contributed by atoms with Gasteiger partial charge in [0.2, 0.25) is 0 Å². The van der Waals surface area contributed by atoms with E-state index in [0.717, 1.165) is 22.6 Å². The van der Waals surface area contributed by atoms with Gasteiger partial charge in [0.1, 0.15) is 5.75 Å². The summed E-state index contributed by atoms with van der Waals surface area (Å²) in [5.41, 5.74) is 3.32. The molecule has 0 fully saturated rings. The average Bonchev–Trinajstić information content (AvgIpc) is 2.69. The second-order valence-corrected chi connectivity index (χ2v) is 3.56. The van der Waals surface area contributed by atoms with Gasteiger partial charge >= 0.3 is 0 Å². The number of hydrogen-bond acceptors (Lipinski definition) is 2. The minimum absolute atomic E-state index is 0.950. The molecule has 78 valence electrons. The number of hydrogen-bond donors (Lipinski definition) is 0. The molecule has 0 N–H and O–H groups in total. The minimum atomic E-state index is 0.950. The summed E-state index contributed by atoms with van der Waals surface area (Å²) < 4.78 is 7.17. The summed E-state index contributed by atoms with van der Waals surface area (Å²) in [5, 5.41) is 4.20. The first-order valence-corrected chi connectivity index (χ1v) is 4.87. The Hall–Kier alpha value is -1.77. The number of rotatable bonds is 2. The highest BCUT2D eigenvalue weighted by Crippen LogP contribution is 2.25. The minimum Gasteiger partial charge on any atom is -0.496 e. The summed E-state index contributed by atoms with van der Waals surface area (Å²) in [4.78, 5) is 0. The van der Waals surface area contributed by atoms with Crippen molar-refractivity contribution in [3.8, 4) is 11.4 Å². The molecule has 0 spiro atoms. The van der Waals surface area contributed by atoms with Gasteiger partial charge in [-0.25, -0.2) is 4.68 Å². The second kappa shape index (κ2) is 3.77. The second-order valence-electron chi connectivity index (χ2n) is 3.56. The zero-order valence-corrected chi connectivity index (χ0v) is 9.19. The monoisotopic (exact) mass is 202 g/mol. The molecule has 0 unspecified atom stereocenters. The van der Waals surface area contributed by atoms with Crippen molar-refractivity contribution in [2.24, 2.45) is 0 Å². The summed E-state index contributed by atoms with van der Waals surface area (Å²) in [6.45, 7) is 4.08. The van der Waals surface area contributed by atoms with Gasteiger partial charge in [-0.05, 0) is 43.2 Å². The van der Waals surface area contributed by atoms with E-state index in [1.54, 1.807) is 13.3 Å². The highest BCUT2D eigenvalue weighted by atomic mass is 16.5. The van der Waals surface area contributed by atoms with Crippen LogP contribution in [0, 0.1) is 13.8 Å². The van der Waals surface area contributed by atoms with Crippen LogP contribution in [0.1, 0.15) is 11.1 Å². The van der Waals surface area contributed by atoms with Gasteiger partial charge in [-0.3, -0.25) is 0 Å². The van der Waals surface area contributed by atoms with Crippen molar-refractivity contribution in [1.82, 2.24) is 9.78 Å². The number of nitrogens with zero attached hydrogens (tertiary/aromatic N) is 2. The summed E-state index contributed by atoms with van der Waals surface area (Å²) in [6, 6.07) is 6.05. The first-order chi connectivity index (χ1) is 7.22. The Morgan fingerprint density at radius 1 is 1.20 bits per heavy atom. The maximum atomic E-state index is 5.32. The maximum Gasteiger partial charge on any atom is 0.124 e. The zero-order chi connectivity index (χ0) is 10.8. The molecular formula is C12H14N2O. The van der Waals surface area contributed by atoms with Crippen molar-refractivity contribution in [3.05, 3.63) is 41.7 Å². The van der Waals surface area contributed by atoms with Gasteiger partial charge < -0.3 is 4.74 Å². The molecule has 0 aliphatic rings. The van der Waals surface area contributed by atoms with Gasteiger partial charge in [-0.15, -0.1) is 0 Å². The van der Waals surface area contributed by atoms with Crippen LogP contribution in [0.5, 0.6) is 5.75 Å². The fourth-order valence-electron chi connectivity index (χ4n) is 1.80. The standard InChI is InChI=1S/C12H14N2O/c1-9-7-11(14-6-4-5-13-14)8-10(2)12(9)15-3/h4-8H,1-3H3. The van der Waals surface area contributed by atoms with Gasteiger partial charge in [0.25, 0.3) is 0 Å². The van der Waals surface area contributed by atoms with Crippen molar-refractivity contribution >= 4 is 0 Å². The molecule has 2 rings (SSSR count). The van der Waals surface area contributed by atoms with Crippen LogP contribution in [0.25, 0.3) is 5.69 Å². The third-order valence-corrected chi connectivity index (χ3v) is 2.42. The fraction of sp³-hybridized carbons (Fsp3) is 0.250. The van der Waals surface area contributed by atoms with Gasteiger partial charge in [-0.2, -0.15) is 5.10 Å². The summed E-state index contributed by atoms with van der Waals surface area (Å²) in [6.07, 6.45) is 3.70. The van der Waals surface area contributed by atoms with E-state index < -0.39 is 0 Å². The molecule has 15 heavy (non-hydrogen) atoms. The molecule has 1 heterocycles. The van der Waals surface area contributed by atoms with E-state index in [2.05, 4.69) is 17.2 Å². The Labute approximate surface area is 89.3 Å². The van der Waals surface area contributed by atoms with Gasteiger partial charge in [0.15, 0.2) is 0 Å². The lowest BCUT2D eigenvalue weighted by molar-refractivity contribution is 0.408. The summed E-state index contributed by atoms with van der Waals surface area (Å²) in [7, 11) is 1.70. The van der Waals surface area contributed by atoms with Gasteiger partial charge in [-0.1, -0.05) is 0 Å². The Kier molecular flexibility index (Phi) is 2.46. The number of aryl methyl sites for hydroxylation is 2. The van der Waals surface area contributed by atoms with Crippen LogP contribution < -0.4 is 4.74 Å². The molecule has 0 atom stereocenters. The summed E-state index contributed by atoms with van der Waals surface area (Å²) >= 11 is 0. The normalized spacial score (nSPS) is 10.3. The van der Waals surface area contributed by atoms with Crippen LogP contribution in [-0.4, -0.2) is 16.9 Å². The molecule has 3 heteroatoms. The van der Waals surface area contributed by atoms with Crippen molar-refractivity contribution in [1.29, 1.82) is 0 Å². The van der Waals surface area contributed by atoms with E-state index in [1.807, 2.05) is 30.8 Å². The third kappa shape index (κ3) is 1.73. The van der Waals surface area contributed by atoms with Crippen LogP contribution in [0.15, 0.2) is 30.6 Å². The number of aromatic nitrogens is 2. The lowest BCUT2D eigenvalue weighted by Gasteiger charge is -2.11. The van der Waals surface area contributed by atoms with Gasteiger partial charge in [0, 0.05) is 12.4 Å². The molecule has 3 nitrogen and oxygen atoms in total. The maximum absolute atomic E-state index is 5.32. The molecule has 2 aromatic rings. The Morgan fingerprint density at radius 2 is 1.87 bits per heavy atom. The first-order valence-electron chi connectivity index (χ1n) is 4.87. The molecule has 0 aliphatic heterocycles. The highest BCUT2D eigenvalue weighted by molar-refractivity contribution is 5.48. The average molecular weight is 202 g/mol. The largest absolute Gasteiger partial charge is 0.496 e. The molecular weight excluding hydrogens is 188 g/mol. The Balaban J connectivity index is 2.53. The van der Waals surface area contributed by atoms with E-state index in [4.69, 9.17) is 4.74 Å². The number of methoxy groups -OCH3 is 1. The van der Waals surface area contributed by atoms with E-state index in [1.165, 1.54) is 0 Å². The molecule has 0 bridgehead atoms. The van der Waals surface area contributed by atoms with Crippen LogP contribution >= 0.6 is 0 Å². The molecule has 1 aromatic carbocycles. The zero-order valence-electron chi connectivity index (χ0n) is 9.19. The lowest BCUT2D eigenvalue weighted by atomic mass is 10.1. The van der Waals surface area contributed by atoms with Crippen LogP contribution in [0.3, 0.4) is 0 Å². The summed E-state index contributed by atoms with van der Waals surface area (Å²) in [5.74, 6) is 0.950. The van der Waals surface area contributed by atoms with E-state index in [0.29, 0.717) is 0 Å². The fourth-order valence-corrected chi connectivity index (χ4v) is 1.80. The Morgan fingerprint density at radius 3 is 2.33 bits per heavy atom. The topological polar surface area (TPSA) is 27.1 Å². The van der Waals surface area contributed by atoms with Crippen LogP contribution in [-0.2, 0) is 0 Å².